The number of imidazole rings is 1. The van der Waals surface area contributed by atoms with Crippen LogP contribution in [-0.4, -0.2) is 21.5 Å². The molecule has 1 N–H and O–H groups in total. The molecule has 6 atom stereocenters. The number of hydrogen-bond acceptors (Lipinski definition) is 2. The minimum Gasteiger partial charge on any atom is -0.349 e. The van der Waals surface area contributed by atoms with Gasteiger partial charge in [0.15, 0.2) is 0 Å². The van der Waals surface area contributed by atoms with E-state index in [4.69, 9.17) is 0 Å². The molecule has 1 aromatic heterocycles. The molecule has 184 valence electrons. The van der Waals surface area contributed by atoms with Gasteiger partial charge in [-0.05, 0) is 108 Å². The molecule has 6 heteroatoms. The first-order chi connectivity index (χ1) is 16.8. The topological polar surface area (TPSA) is 46.9 Å². The highest BCUT2D eigenvalue weighted by atomic mass is 79.9. The third-order valence-corrected chi connectivity index (χ3v) is 10.3. The molecule has 0 radical (unpaired) electrons. The van der Waals surface area contributed by atoms with Gasteiger partial charge in [0.2, 0.25) is 0 Å². The Kier molecular flexibility index (Phi) is 5.59. The summed E-state index contributed by atoms with van der Waals surface area (Å²) in [5.74, 6) is 1.66. The molecule has 1 heterocycles. The zero-order valence-corrected chi connectivity index (χ0v) is 22.0. The van der Waals surface area contributed by atoms with E-state index in [1.54, 1.807) is 17.7 Å². The van der Waals surface area contributed by atoms with E-state index in [1.807, 2.05) is 6.33 Å². The molecular formula is C29H33BrFN3O. The Morgan fingerprint density at radius 1 is 1.09 bits per heavy atom. The second-order valence-electron chi connectivity index (χ2n) is 11.6. The minimum absolute atomic E-state index is 0.1000. The fourth-order valence-corrected chi connectivity index (χ4v) is 8.34. The van der Waals surface area contributed by atoms with Crippen LogP contribution in [0.4, 0.5) is 4.39 Å². The average Bonchev–Trinajstić information content (AvgIpc) is 3.42. The number of hydrogen-bond donors (Lipinski definition) is 1. The summed E-state index contributed by atoms with van der Waals surface area (Å²) in [5.41, 5.74) is 3.92. The lowest BCUT2D eigenvalue weighted by Gasteiger charge is -2.58. The van der Waals surface area contributed by atoms with Gasteiger partial charge in [-0.1, -0.05) is 31.6 Å². The van der Waals surface area contributed by atoms with Gasteiger partial charge in [0.05, 0.1) is 0 Å². The number of fused-ring (bicyclic) bond motifs is 5. The molecule has 4 nitrogen and oxygen atoms in total. The van der Waals surface area contributed by atoms with Crippen molar-refractivity contribution < 1.29 is 9.18 Å². The predicted molar refractivity (Wildman–Crippen MR) is 139 cm³/mol. The molecule has 2 aromatic rings. The van der Waals surface area contributed by atoms with Gasteiger partial charge >= 0.3 is 0 Å². The van der Waals surface area contributed by atoms with Gasteiger partial charge in [0.25, 0.3) is 5.91 Å². The molecule has 6 rings (SSSR count). The molecular weight excluding hydrogens is 505 g/mol. The molecule has 0 saturated heterocycles. The molecule has 1 aromatic carbocycles. The third kappa shape index (κ3) is 3.75. The Bertz CT molecular complexity index is 1220. The van der Waals surface area contributed by atoms with Crippen LogP contribution in [0.5, 0.6) is 0 Å². The molecule has 3 unspecified atom stereocenters. The van der Waals surface area contributed by atoms with E-state index in [1.165, 1.54) is 30.7 Å². The Balaban J connectivity index is 1.18. The maximum absolute atomic E-state index is 13.2. The number of nitrogens with one attached hydrogen (secondary N) is 1. The third-order valence-electron chi connectivity index (χ3n) is 9.91. The summed E-state index contributed by atoms with van der Waals surface area (Å²) >= 11 is 3.51. The molecule has 2 saturated carbocycles. The monoisotopic (exact) mass is 537 g/mol. The summed E-state index contributed by atoms with van der Waals surface area (Å²) in [6.07, 6.45) is 16.8. The summed E-state index contributed by atoms with van der Waals surface area (Å²) in [7, 11) is 0. The Labute approximate surface area is 215 Å². The molecule has 4 aliphatic carbocycles. The summed E-state index contributed by atoms with van der Waals surface area (Å²) in [4.78, 5) is 17.1. The maximum Gasteiger partial charge on any atom is 0.251 e. The molecule has 35 heavy (non-hydrogen) atoms. The van der Waals surface area contributed by atoms with E-state index in [9.17, 15) is 9.18 Å². The summed E-state index contributed by atoms with van der Waals surface area (Å²) in [6, 6.07) is 5.97. The Morgan fingerprint density at radius 2 is 1.86 bits per heavy atom. The smallest absolute Gasteiger partial charge is 0.251 e. The van der Waals surface area contributed by atoms with Crippen molar-refractivity contribution in [2.45, 2.75) is 64.8 Å². The molecule has 0 aliphatic heterocycles. The lowest BCUT2D eigenvalue weighted by molar-refractivity contribution is -0.0137. The van der Waals surface area contributed by atoms with Crippen molar-refractivity contribution in [2.24, 2.45) is 28.6 Å². The first-order valence-corrected chi connectivity index (χ1v) is 13.7. The van der Waals surface area contributed by atoms with E-state index >= 15 is 0 Å². The van der Waals surface area contributed by atoms with E-state index < -0.39 is 0 Å². The average molecular weight is 539 g/mol. The van der Waals surface area contributed by atoms with Gasteiger partial charge < -0.3 is 9.88 Å². The molecule has 2 fully saturated rings. The van der Waals surface area contributed by atoms with E-state index in [0.29, 0.717) is 23.3 Å². The van der Waals surface area contributed by atoms with Crippen molar-refractivity contribution in [3.05, 3.63) is 70.5 Å². The molecule has 0 bridgehead atoms. The van der Waals surface area contributed by atoms with Crippen LogP contribution in [0.25, 0.3) is 5.70 Å². The summed E-state index contributed by atoms with van der Waals surface area (Å²) in [5, 5.41) is 3.22. The number of carbonyl (C=O) groups excluding carboxylic acids is 1. The number of nitrogens with zero attached hydrogens (tertiary/aromatic N) is 2. The number of benzene rings is 1. The highest BCUT2D eigenvalue weighted by molar-refractivity contribution is 9.10. The highest BCUT2D eigenvalue weighted by Crippen LogP contribution is 2.65. The van der Waals surface area contributed by atoms with Crippen LogP contribution in [0.1, 0.15) is 69.2 Å². The SMILES string of the molecule is C[C@]12CC[C@H](NC(=O)c3ccc(F)cc3)CC1=CCC1C2CC[C@]2(C)C(n3cnc(Br)c3)=CCC12. The fourth-order valence-electron chi connectivity index (χ4n) is 8.03. The Morgan fingerprint density at radius 3 is 2.60 bits per heavy atom. The quantitative estimate of drug-likeness (QED) is 0.428. The summed E-state index contributed by atoms with van der Waals surface area (Å²) < 4.78 is 16.4. The van der Waals surface area contributed by atoms with Crippen molar-refractivity contribution in [2.75, 3.05) is 0 Å². The molecule has 4 aliphatic rings. The van der Waals surface area contributed by atoms with Crippen molar-refractivity contribution in [3.8, 4) is 0 Å². The van der Waals surface area contributed by atoms with Gasteiger partial charge in [-0.2, -0.15) is 0 Å². The van der Waals surface area contributed by atoms with Crippen LogP contribution in [0.2, 0.25) is 0 Å². The second-order valence-corrected chi connectivity index (χ2v) is 12.4. The zero-order valence-electron chi connectivity index (χ0n) is 20.4. The second kappa shape index (κ2) is 8.43. The van der Waals surface area contributed by atoms with Gasteiger partial charge in [-0.25, -0.2) is 9.37 Å². The van der Waals surface area contributed by atoms with Crippen LogP contribution in [0.15, 0.2) is 59.1 Å². The lowest BCUT2D eigenvalue weighted by atomic mass is 9.47. The number of aromatic nitrogens is 2. The number of amides is 1. The van der Waals surface area contributed by atoms with E-state index in [0.717, 1.165) is 36.7 Å². The molecule has 1 amide bonds. The minimum atomic E-state index is -0.317. The van der Waals surface area contributed by atoms with Crippen molar-refractivity contribution in [1.82, 2.24) is 14.9 Å². The number of halogens is 2. The number of allylic oxidation sites excluding steroid dienone is 3. The van der Waals surface area contributed by atoms with Gasteiger partial charge in [-0.15, -0.1) is 0 Å². The first kappa shape index (κ1) is 23.2. The summed E-state index contributed by atoms with van der Waals surface area (Å²) in [6.45, 7) is 4.97. The predicted octanol–water partition coefficient (Wildman–Crippen LogP) is 7.00. The largest absolute Gasteiger partial charge is 0.349 e. The van der Waals surface area contributed by atoms with Gasteiger partial charge in [0.1, 0.15) is 16.7 Å². The van der Waals surface area contributed by atoms with Crippen LogP contribution in [-0.2, 0) is 0 Å². The van der Waals surface area contributed by atoms with Crippen LogP contribution >= 0.6 is 15.9 Å². The molecule has 0 spiro atoms. The van der Waals surface area contributed by atoms with Crippen LogP contribution in [0, 0.1) is 34.4 Å². The number of rotatable bonds is 3. The van der Waals surface area contributed by atoms with Crippen molar-refractivity contribution in [1.29, 1.82) is 0 Å². The first-order valence-electron chi connectivity index (χ1n) is 12.9. The van der Waals surface area contributed by atoms with Crippen LogP contribution < -0.4 is 5.32 Å². The van der Waals surface area contributed by atoms with E-state index in [2.05, 4.69) is 63.0 Å². The fraction of sp³-hybridized carbons (Fsp3) is 0.517. The van der Waals surface area contributed by atoms with E-state index in [-0.39, 0.29) is 28.6 Å². The zero-order chi connectivity index (χ0) is 24.4. The lowest BCUT2D eigenvalue weighted by Crippen LogP contribution is -2.51. The normalized spacial score (nSPS) is 35.9. The van der Waals surface area contributed by atoms with Crippen molar-refractivity contribution in [3.63, 3.8) is 0 Å². The van der Waals surface area contributed by atoms with Crippen LogP contribution in [0.3, 0.4) is 0 Å². The van der Waals surface area contributed by atoms with Crippen molar-refractivity contribution >= 4 is 27.5 Å². The van der Waals surface area contributed by atoms with Gasteiger partial charge in [0, 0.05) is 28.9 Å². The van der Waals surface area contributed by atoms with Gasteiger partial charge in [-0.3, -0.25) is 4.79 Å². The standard InChI is InChI=1S/C29H33BrFN3O/c1-28-13-11-21(33-27(35)18-3-6-20(31)7-4-18)15-19(28)5-8-22-23-9-10-25(34-16-26(30)32-17-34)29(23,2)14-12-24(22)28/h3-7,10,16-17,21-24H,8-9,11-15H2,1-2H3,(H,33,35)/t21-,22?,23?,24?,28-,29-/m0/s1. The highest BCUT2D eigenvalue weighted by Gasteiger charge is 2.57. The maximum atomic E-state index is 13.2. The number of carbonyl (C=O) groups is 1. The Hall–Kier alpha value is -2.21.